The number of phosphoric acid groups is 1. The van der Waals surface area contributed by atoms with Gasteiger partial charge < -0.3 is 51.7 Å². The highest BCUT2D eigenvalue weighted by Crippen LogP contribution is 2.25. The standard InChI is InChI=1S/C4H11NO3.C4H11NO2.H3O4P/c5-4(1-6,2-7)3-8;1-4(5,2-6)3-7;1-5(2,3)4/h6-8H,1-3,5H2;6-7H,2-3,5H2,1H3;(H3,1,2,3,4). The smallest absolute Gasteiger partial charge is 0.394 e. The molecule has 0 aromatic rings. The average Bonchev–Trinajstić information content (AvgIpc) is 2.36. The zero-order valence-electron chi connectivity index (χ0n) is 11.1. The van der Waals surface area contributed by atoms with Gasteiger partial charge in [-0.15, -0.1) is 0 Å². The molecule has 0 rings (SSSR count). The third-order valence-electron chi connectivity index (χ3n) is 1.67. The van der Waals surface area contributed by atoms with Gasteiger partial charge in [0.25, 0.3) is 0 Å². The summed E-state index contributed by atoms with van der Waals surface area (Å²) < 4.78 is 8.88. The molecule has 20 heavy (non-hydrogen) atoms. The average molecular weight is 324 g/mol. The summed E-state index contributed by atoms with van der Waals surface area (Å²) in [5.74, 6) is 0. The number of rotatable bonds is 5. The highest BCUT2D eigenvalue weighted by Gasteiger charge is 2.20. The van der Waals surface area contributed by atoms with E-state index in [1.165, 1.54) is 0 Å². The zero-order chi connectivity index (χ0) is 17.0. The Morgan fingerprint density at radius 1 is 0.800 bits per heavy atom. The van der Waals surface area contributed by atoms with Gasteiger partial charge in [-0.05, 0) is 6.92 Å². The molecule has 0 unspecified atom stereocenters. The van der Waals surface area contributed by atoms with Gasteiger partial charge in [-0.1, -0.05) is 0 Å². The summed E-state index contributed by atoms with van der Waals surface area (Å²) in [5.41, 5.74) is 8.35. The lowest BCUT2D eigenvalue weighted by atomic mass is 10.1. The molecule has 126 valence electrons. The molecule has 0 aliphatic carbocycles. The summed E-state index contributed by atoms with van der Waals surface area (Å²) in [6, 6.07) is 0. The van der Waals surface area contributed by atoms with Crippen LogP contribution in [-0.2, 0) is 4.57 Å². The van der Waals surface area contributed by atoms with Gasteiger partial charge in [0.1, 0.15) is 0 Å². The van der Waals surface area contributed by atoms with Crippen LogP contribution in [-0.4, -0.2) is 84.3 Å². The summed E-state index contributed by atoms with van der Waals surface area (Å²) in [5, 5.41) is 41.6. The van der Waals surface area contributed by atoms with Crippen molar-refractivity contribution in [3.05, 3.63) is 0 Å². The van der Waals surface area contributed by atoms with Crippen LogP contribution in [0.2, 0.25) is 0 Å². The van der Waals surface area contributed by atoms with Crippen molar-refractivity contribution in [2.45, 2.75) is 18.0 Å². The number of nitrogens with two attached hydrogens (primary N) is 2. The summed E-state index contributed by atoms with van der Waals surface area (Å²) in [6.07, 6.45) is 0. The van der Waals surface area contributed by atoms with Gasteiger partial charge >= 0.3 is 7.82 Å². The van der Waals surface area contributed by atoms with E-state index in [0.717, 1.165) is 0 Å². The maximum absolute atomic E-state index is 8.88. The molecule has 0 aromatic heterocycles. The molecular formula is C8H25N2O9P. The fourth-order valence-corrected chi connectivity index (χ4v) is 0.200. The first-order valence-electron chi connectivity index (χ1n) is 5.21. The lowest BCUT2D eigenvalue weighted by Gasteiger charge is -2.20. The van der Waals surface area contributed by atoms with Crippen LogP contribution in [0, 0.1) is 0 Å². The van der Waals surface area contributed by atoms with Crippen LogP contribution in [0.4, 0.5) is 0 Å². The van der Waals surface area contributed by atoms with Crippen molar-refractivity contribution < 1.29 is 44.8 Å². The predicted molar refractivity (Wildman–Crippen MR) is 69.2 cm³/mol. The Balaban J connectivity index is -0.000000223. The van der Waals surface area contributed by atoms with Gasteiger partial charge in [-0.2, -0.15) is 0 Å². The van der Waals surface area contributed by atoms with Crippen LogP contribution in [0.1, 0.15) is 6.92 Å². The maximum Gasteiger partial charge on any atom is 0.466 e. The summed E-state index contributed by atoms with van der Waals surface area (Å²) in [6.45, 7) is 0.0139. The number of aliphatic hydroxyl groups is 5. The number of hydrogen-bond acceptors (Lipinski definition) is 8. The van der Waals surface area contributed by atoms with E-state index < -0.39 is 38.7 Å². The summed E-state index contributed by atoms with van der Waals surface area (Å²) >= 11 is 0. The van der Waals surface area contributed by atoms with Crippen molar-refractivity contribution >= 4 is 7.82 Å². The second kappa shape index (κ2) is 11.5. The molecule has 0 atom stereocenters. The third-order valence-corrected chi connectivity index (χ3v) is 1.67. The molecular weight excluding hydrogens is 299 g/mol. The molecule has 0 radical (unpaired) electrons. The van der Waals surface area contributed by atoms with Crippen LogP contribution >= 0.6 is 7.82 Å². The van der Waals surface area contributed by atoms with Crippen LogP contribution in [0.15, 0.2) is 0 Å². The molecule has 0 bridgehead atoms. The van der Waals surface area contributed by atoms with E-state index in [1.54, 1.807) is 6.92 Å². The fourth-order valence-electron chi connectivity index (χ4n) is 0.200. The first-order chi connectivity index (χ1) is 8.80. The van der Waals surface area contributed by atoms with Gasteiger partial charge in [-0.3, -0.25) is 0 Å². The molecule has 0 saturated carbocycles. The highest BCUT2D eigenvalue weighted by atomic mass is 31.2. The quantitative estimate of drug-likeness (QED) is 0.216. The van der Waals surface area contributed by atoms with Crippen LogP contribution < -0.4 is 11.5 Å². The first-order valence-corrected chi connectivity index (χ1v) is 6.77. The minimum atomic E-state index is -4.64. The first kappa shape index (κ1) is 24.8. The number of hydrogen-bond donors (Lipinski definition) is 10. The Labute approximate surface area is 116 Å². The molecule has 0 aliphatic rings. The highest BCUT2D eigenvalue weighted by molar-refractivity contribution is 7.45. The van der Waals surface area contributed by atoms with Crippen molar-refractivity contribution in [2.24, 2.45) is 11.5 Å². The Bertz CT molecular complexity index is 244. The second-order valence-electron chi connectivity index (χ2n) is 4.32. The summed E-state index contributed by atoms with van der Waals surface area (Å²) in [4.78, 5) is 21.6. The molecule has 12 N–H and O–H groups in total. The van der Waals surface area contributed by atoms with Gasteiger partial charge in [0, 0.05) is 0 Å². The van der Waals surface area contributed by atoms with Crippen molar-refractivity contribution in [3.8, 4) is 0 Å². The Hall–Kier alpha value is -0.170. The molecule has 0 heterocycles. The van der Waals surface area contributed by atoms with Crippen LogP contribution in [0.25, 0.3) is 0 Å². The molecule has 0 spiro atoms. The normalized spacial score (nSPS) is 11.9. The molecule has 0 amide bonds. The molecule has 0 aromatic carbocycles. The van der Waals surface area contributed by atoms with E-state index in [1.807, 2.05) is 0 Å². The largest absolute Gasteiger partial charge is 0.466 e. The van der Waals surface area contributed by atoms with E-state index in [9.17, 15) is 0 Å². The van der Waals surface area contributed by atoms with Gasteiger partial charge in [0.15, 0.2) is 0 Å². The second-order valence-corrected chi connectivity index (χ2v) is 5.35. The molecule has 0 aliphatic heterocycles. The lowest BCUT2D eigenvalue weighted by molar-refractivity contribution is 0.0697. The Morgan fingerprint density at radius 3 is 1.00 bits per heavy atom. The van der Waals surface area contributed by atoms with E-state index >= 15 is 0 Å². The number of aliphatic hydroxyl groups excluding tert-OH is 5. The van der Waals surface area contributed by atoms with Crippen LogP contribution in [0.3, 0.4) is 0 Å². The Morgan fingerprint density at radius 2 is 1.00 bits per heavy atom. The van der Waals surface area contributed by atoms with Crippen molar-refractivity contribution in [1.29, 1.82) is 0 Å². The summed E-state index contributed by atoms with van der Waals surface area (Å²) in [7, 11) is -4.64. The molecule has 0 saturated heterocycles. The lowest BCUT2D eigenvalue weighted by Crippen LogP contribution is -2.50. The van der Waals surface area contributed by atoms with E-state index in [2.05, 4.69) is 0 Å². The topological polar surface area (TPSA) is 231 Å². The van der Waals surface area contributed by atoms with E-state index in [-0.39, 0.29) is 13.2 Å². The fraction of sp³-hybridized carbons (Fsp3) is 1.00. The van der Waals surface area contributed by atoms with Crippen molar-refractivity contribution in [2.75, 3.05) is 33.0 Å². The van der Waals surface area contributed by atoms with Gasteiger partial charge in [-0.25, -0.2) is 4.57 Å². The van der Waals surface area contributed by atoms with Crippen molar-refractivity contribution in [1.82, 2.24) is 0 Å². The minimum absolute atomic E-state index is 0.177. The van der Waals surface area contributed by atoms with Crippen molar-refractivity contribution in [3.63, 3.8) is 0 Å². The molecule has 0 fully saturated rings. The zero-order valence-corrected chi connectivity index (χ0v) is 12.0. The predicted octanol–water partition coefficient (Wildman–Crippen LogP) is -4.58. The Kier molecular flexibility index (Phi) is 14.3. The third kappa shape index (κ3) is 23.0. The van der Waals surface area contributed by atoms with Crippen LogP contribution in [0.5, 0.6) is 0 Å². The van der Waals surface area contributed by atoms with E-state index in [0.29, 0.717) is 0 Å². The SMILES string of the molecule is CC(N)(CO)CO.NC(CO)(CO)CO.O=P(O)(O)O. The monoisotopic (exact) mass is 324 g/mol. The van der Waals surface area contributed by atoms with Gasteiger partial charge in [0.2, 0.25) is 0 Å². The minimum Gasteiger partial charge on any atom is -0.394 e. The van der Waals surface area contributed by atoms with Gasteiger partial charge in [0.05, 0.1) is 44.1 Å². The van der Waals surface area contributed by atoms with E-state index in [4.69, 9.17) is 56.2 Å². The molecule has 12 heteroatoms. The molecule has 11 nitrogen and oxygen atoms in total. The maximum atomic E-state index is 8.88.